The Morgan fingerprint density at radius 1 is 1.00 bits per heavy atom. The monoisotopic (exact) mass is 546 g/mol. The molecule has 0 radical (unpaired) electrons. The first kappa shape index (κ1) is 33.3. The van der Waals surface area contributed by atoms with E-state index in [1.807, 2.05) is 32.0 Å². The van der Waals surface area contributed by atoms with Crippen molar-refractivity contribution in [2.45, 2.75) is 113 Å². The van der Waals surface area contributed by atoms with Gasteiger partial charge >= 0.3 is 0 Å². The lowest BCUT2D eigenvalue weighted by atomic mass is 9.70. The topological polar surface area (TPSA) is 68.3 Å². The fourth-order valence-electron chi connectivity index (χ4n) is 6.40. The van der Waals surface area contributed by atoms with Crippen LogP contribution in [-0.4, -0.2) is 23.6 Å². The highest BCUT2D eigenvalue weighted by atomic mass is 16.1. The fraction of sp³-hybridized carbons (Fsp3) is 0.556. The van der Waals surface area contributed by atoms with E-state index in [1.54, 1.807) is 0 Å². The van der Waals surface area contributed by atoms with Crippen LogP contribution in [0.15, 0.2) is 24.3 Å². The van der Waals surface area contributed by atoms with Gasteiger partial charge in [-0.25, -0.2) is 0 Å². The van der Waals surface area contributed by atoms with E-state index >= 15 is 0 Å². The van der Waals surface area contributed by atoms with Gasteiger partial charge in [0, 0.05) is 23.5 Å². The first-order valence-corrected chi connectivity index (χ1v) is 15.3. The molecule has 3 atom stereocenters. The standard InChI is InChI=1S/C33H42O4.C3H8/c1-7-10-26(27(9-3)31(36)14-21(5)35)15-24-17-30-29(13-20(4)22(6)33(30)32(37)18-24)28-16-23(19-34)11-12-25(28)8-2;1-3-2/h11-13,16,19,24,26-27H,7-10,14-15,17-18H2,1-6H3;3H2,1-2H3. The summed E-state index contributed by atoms with van der Waals surface area (Å²) in [6.45, 7) is 16.1. The van der Waals surface area contributed by atoms with E-state index in [-0.39, 0.29) is 41.5 Å². The zero-order valence-corrected chi connectivity index (χ0v) is 26.1. The minimum atomic E-state index is -0.143. The maximum Gasteiger partial charge on any atom is 0.163 e. The number of carbonyl (C=O) groups excluding carboxylic acids is 4. The molecule has 0 amide bonds. The predicted molar refractivity (Wildman–Crippen MR) is 165 cm³/mol. The van der Waals surface area contributed by atoms with Gasteiger partial charge in [0.25, 0.3) is 0 Å². The summed E-state index contributed by atoms with van der Waals surface area (Å²) in [6, 6.07) is 8.01. The summed E-state index contributed by atoms with van der Waals surface area (Å²) in [5.41, 5.74) is 7.95. The number of benzene rings is 2. The Hall–Kier alpha value is -2.88. The SMILES string of the molecule is CCC.CCCC(CC1CC(=O)c2c(C)c(C)cc(-c3cc(C=O)ccc3CC)c2C1)C(CC)C(=O)CC(C)=O. The predicted octanol–water partition coefficient (Wildman–Crippen LogP) is 8.89. The summed E-state index contributed by atoms with van der Waals surface area (Å²) >= 11 is 0. The molecule has 0 saturated carbocycles. The molecule has 1 aliphatic rings. The quantitative estimate of drug-likeness (QED) is 0.197. The molecular formula is C36H50O4. The molecule has 2 aromatic rings. The molecule has 0 saturated heterocycles. The van der Waals surface area contributed by atoms with Crippen LogP contribution < -0.4 is 0 Å². The minimum Gasteiger partial charge on any atom is -0.300 e. The average molecular weight is 547 g/mol. The molecule has 0 heterocycles. The van der Waals surface area contributed by atoms with Crippen LogP contribution in [0.1, 0.15) is 129 Å². The molecule has 4 heteroatoms. The van der Waals surface area contributed by atoms with E-state index in [2.05, 4.69) is 40.7 Å². The van der Waals surface area contributed by atoms with E-state index in [4.69, 9.17) is 0 Å². The van der Waals surface area contributed by atoms with Gasteiger partial charge in [-0.05, 0) is 97.7 Å². The smallest absolute Gasteiger partial charge is 0.163 e. The highest BCUT2D eigenvalue weighted by molar-refractivity contribution is 6.02. The van der Waals surface area contributed by atoms with Crippen molar-refractivity contribution in [2.24, 2.45) is 17.8 Å². The molecule has 3 rings (SSSR count). The number of ketones is 3. The highest BCUT2D eigenvalue weighted by Crippen LogP contribution is 2.42. The number of hydrogen-bond donors (Lipinski definition) is 0. The molecule has 0 fully saturated rings. The number of carbonyl (C=O) groups is 4. The lowest BCUT2D eigenvalue weighted by molar-refractivity contribution is -0.129. The van der Waals surface area contributed by atoms with Crippen molar-refractivity contribution in [3.05, 3.63) is 57.6 Å². The van der Waals surface area contributed by atoms with Gasteiger partial charge < -0.3 is 0 Å². The van der Waals surface area contributed by atoms with Crippen LogP contribution in [0.25, 0.3) is 11.1 Å². The molecule has 40 heavy (non-hydrogen) atoms. The average Bonchev–Trinajstić information content (AvgIpc) is 2.90. The summed E-state index contributed by atoms with van der Waals surface area (Å²) in [5.74, 6) is 0.311. The van der Waals surface area contributed by atoms with E-state index in [0.717, 1.165) is 83.8 Å². The van der Waals surface area contributed by atoms with E-state index in [1.165, 1.54) is 13.3 Å². The van der Waals surface area contributed by atoms with Gasteiger partial charge in [-0.1, -0.05) is 72.1 Å². The van der Waals surface area contributed by atoms with Gasteiger partial charge in [-0.2, -0.15) is 0 Å². The fourth-order valence-corrected chi connectivity index (χ4v) is 6.40. The Morgan fingerprint density at radius 3 is 2.23 bits per heavy atom. The zero-order valence-electron chi connectivity index (χ0n) is 26.1. The molecule has 1 aliphatic carbocycles. The van der Waals surface area contributed by atoms with Crippen molar-refractivity contribution in [3.8, 4) is 11.1 Å². The first-order chi connectivity index (χ1) is 19.1. The molecule has 0 N–H and O–H groups in total. The third-order valence-corrected chi connectivity index (χ3v) is 8.28. The summed E-state index contributed by atoms with van der Waals surface area (Å²) in [4.78, 5) is 49.8. The largest absolute Gasteiger partial charge is 0.300 e. The van der Waals surface area contributed by atoms with Crippen molar-refractivity contribution in [1.29, 1.82) is 0 Å². The summed E-state index contributed by atoms with van der Waals surface area (Å²) in [5, 5.41) is 0. The molecule has 2 aromatic carbocycles. The van der Waals surface area contributed by atoms with Crippen molar-refractivity contribution >= 4 is 23.6 Å². The van der Waals surface area contributed by atoms with Crippen LogP contribution in [0, 0.1) is 31.6 Å². The summed E-state index contributed by atoms with van der Waals surface area (Å²) < 4.78 is 0. The maximum atomic E-state index is 13.6. The highest BCUT2D eigenvalue weighted by Gasteiger charge is 2.34. The van der Waals surface area contributed by atoms with Crippen LogP contribution in [0.2, 0.25) is 0 Å². The Morgan fingerprint density at radius 2 is 1.68 bits per heavy atom. The molecule has 0 aromatic heterocycles. The summed E-state index contributed by atoms with van der Waals surface area (Å²) in [7, 11) is 0. The lowest BCUT2D eigenvalue weighted by Gasteiger charge is -2.33. The first-order valence-electron chi connectivity index (χ1n) is 15.3. The van der Waals surface area contributed by atoms with Crippen LogP contribution in [-0.2, 0) is 22.4 Å². The van der Waals surface area contributed by atoms with Crippen molar-refractivity contribution in [1.82, 2.24) is 0 Å². The van der Waals surface area contributed by atoms with Crippen LogP contribution in [0.5, 0.6) is 0 Å². The zero-order chi connectivity index (χ0) is 30.0. The molecule has 0 bridgehead atoms. The molecule has 3 unspecified atom stereocenters. The van der Waals surface area contributed by atoms with Crippen molar-refractivity contribution in [2.75, 3.05) is 0 Å². The lowest BCUT2D eigenvalue weighted by Crippen LogP contribution is -2.30. The van der Waals surface area contributed by atoms with Crippen LogP contribution in [0.3, 0.4) is 0 Å². The number of rotatable bonds is 12. The van der Waals surface area contributed by atoms with Gasteiger partial charge in [0.1, 0.15) is 17.9 Å². The third kappa shape index (κ3) is 8.08. The second-order valence-electron chi connectivity index (χ2n) is 11.7. The second-order valence-corrected chi connectivity index (χ2v) is 11.7. The molecular weight excluding hydrogens is 496 g/mol. The molecule has 218 valence electrons. The third-order valence-electron chi connectivity index (χ3n) is 8.28. The van der Waals surface area contributed by atoms with Gasteiger partial charge in [0.05, 0.1) is 6.42 Å². The van der Waals surface area contributed by atoms with Crippen LogP contribution >= 0.6 is 0 Å². The maximum absolute atomic E-state index is 13.6. The number of Topliss-reactive ketones (excluding diaryl/α,β-unsaturated/α-hetero) is 3. The second kappa shape index (κ2) is 15.8. The van der Waals surface area contributed by atoms with Crippen LogP contribution in [0.4, 0.5) is 0 Å². The van der Waals surface area contributed by atoms with Gasteiger partial charge in [-0.15, -0.1) is 0 Å². The van der Waals surface area contributed by atoms with E-state index < -0.39 is 0 Å². The number of aryl methyl sites for hydroxylation is 2. The van der Waals surface area contributed by atoms with Gasteiger partial charge in [-0.3, -0.25) is 19.2 Å². The Balaban J connectivity index is 0.00000178. The Labute approximate surface area is 242 Å². The van der Waals surface area contributed by atoms with Crippen molar-refractivity contribution < 1.29 is 19.2 Å². The van der Waals surface area contributed by atoms with E-state index in [0.29, 0.717) is 12.0 Å². The molecule has 0 aliphatic heterocycles. The minimum absolute atomic E-state index is 0.000633. The van der Waals surface area contributed by atoms with Gasteiger partial charge in [0.15, 0.2) is 5.78 Å². The molecule has 0 spiro atoms. The number of aldehydes is 1. The normalized spacial score (nSPS) is 15.9. The Kier molecular flexibility index (Phi) is 13.2. The van der Waals surface area contributed by atoms with Gasteiger partial charge in [0.2, 0.25) is 0 Å². The number of hydrogen-bond acceptors (Lipinski definition) is 4. The summed E-state index contributed by atoms with van der Waals surface area (Å²) in [6.07, 6.45) is 7.64. The molecule has 4 nitrogen and oxygen atoms in total. The Bertz CT molecular complexity index is 1210. The van der Waals surface area contributed by atoms with E-state index in [9.17, 15) is 19.2 Å². The number of fused-ring (bicyclic) bond motifs is 1. The van der Waals surface area contributed by atoms with Crippen molar-refractivity contribution in [3.63, 3.8) is 0 Å².